The Hall–Kier alpha value is -1.06. The molecular formula is C16H27N3. The second-order valence-electron chi connectivity index (χ2n) is 6.03. The number of anilines is 1. The third kappa shape index (κ3) is 3.28. The van der Waals surface area contributed by atoms with Crippen LogP contribution >= 0.6 is 0 Å². The molecule has 2 N–H and O–H groups in total. The fraction of sp³-hybridized carbons (Fsp3) is 0.625. The first-order valence-corrected chi connectivity index (χ1v) is 7.27. The first-order valence-electron chi connectivity index (χ1n) is 7.27. The van der Waals surface area contributed by atoms with Crippen molar-refractivity contribution in [2.75, 3.05) is 25.5 Å². The van der Waals surface area contributed by atoms with Crippen molar-refractivity contribution in [1.82, 2.24) is 4.90 Å². The Kier molecular flexibility index (Phi) is 4.48. The van der Waals surface area contributed by atoms with E-state index in [1.165, 1.54) is 11.3 Å². The number of nitrogens with zero attached hydrogens (tertiary/aromatic N) is 2. The summed E-state index contributed by atoms with van der Waals surface area (Å²) in [7, 11) is 4.15. The largest absolute Gasteiger partial charge is 0.378 e. The van der Waals surface area contributed by atoms with Gasteiger partial charge in [-0.1, -0.05) is 12.1 Å². The number of likely N-dealkylation sites (tertiary alicyclic amines) is 1. The maximum atomic E-state index is 6.05. The van der Waals surface area contributed by atoms with E-state index in [1.54, 1.807) is 0 Å². The highest BCUT2D eigenvalue weighted by Crippen LogP contribution is 2.28. The molecule has 1 aliphatic rings. The number of hydrogen-bond acceptors (Lipinski definition) is 3. The lowest BCUT2D eigenvalue weighted by Gasteiger charge is -2.40. The molecule has 0 saturated carbocycles. The van der Waals surface area contributed by atoms with E-state index in [2.05, 4.69) is 62.0 Å². The Labute approximate surface area is 117 Å². The second kappa shape index (κ2) is 5.93. The van der Waals surface area contributed by atoms with E-state index in [0.717, 1.165) is 19.4 Å². The molecule has 3 nitrogen and oxygen atoms in total. The lowest BCUT2D eigenvalue weighted by Crippen LogP contribution is -2.46. The number of rotatable bonds is 3. The monoisotopic (exact) mass is 261 g/mol. The molecule has 1 aromatic rings. The first kappa shape index (κ1) is 14.4. The SMILES string of the molecule is CC1CC(N)CCN1C(C)c1ccc(N(C)C)cc1. The highest BCUT2D eigenvalue weighted by Gasteiger charge is 2.27. The van der Waals surface area contributed by atoms with Gasteiger partial charge in [0, 0.05) is 44.5 Å². The van der Waals surface area contributed by atoms with Crippen molar-refractivity contribution < 1.29 is 0 Å². The van der Waals surface area contributed by atoms with Gasteiger partial charge in [0.1, 0.15) is 0 Å². The highest BCUT2D eigenvalue weighted by molar-refractivity contribution is 5.46. The molecule has 3 atom stereocenters. The van der Waals surface area contributed by atoms with Crippen LogP contribution in [0.4, 0.5) is 5.69 Å². The summed E-state index contributed by atoms with van der Waals surface area (Å²) in [4.78, 5) is 4.71. The van der Waals surface area contributed by atoms with Gasteiger partial charge in [-0.05, 0) is 44.4 Å². The Bertz CT molecular complexity index is 399. The van der Waals surface area contributed by atoms with Crippen LogP contribution in [-0.4, -0.2) is 37.6 Å². The molecule has 1 aliphatic heterocycles. The van der Waals surface area contributed by atoms with Gasteiger partial charge >= 0.3 is 0 Å². The van der Waals surface area contributed by atoms with Gasteiger partial charge in [0.25, 0.3) is 0 Å². The zero-order valence-corrected chi connectivity index (χ0v) is 12.6. The maximum Gasteiger partial charge on any atom is 0.0361 e. The van der Waals surface area contributed by atoms with Gasteiger partial charge in [-0.2, -0.15) is 0 Å². The summed E-state index contributed by atoms with van der Waals surface area (Å²) in [5.74, 6) is 0. The number of piperidine rings is 1. The van der Waals surface area contributed by atoms with Crippen molar-refractivity contribution in [2.45, 2.75) is 44.8 Å². The van der Waals surface area contributed by atoms with Crippen LogP contribution in [0.2, 0.25) is 0 Å². The quantitative estimate of drug-likeness (QED) is 0.908. The summed E-state index contributed by atoms with van der Waals surface area (Å²) >= 11 is 0. The maximum absolute atomic E-state index is 6.05. The third-order valence-corrected chi connectivity index (χ3v) is 4.36. The van der Waals surface area contributed by atoms with Crippen LogP contribution in [0.1, 0.15) is 38.3 Å². The molecule has 1 aromatic carbocycles. The second-order valence-corrected chi connectivity index (χ2v) is 6.03. The molecule has 0 bridgehead atoms. The summed E-state index contributed by atoms with van der Waals surface area (Å²) in [5, 5.41) is 0. The average molecular weight is 261 g/mol. The molecule has 0 aliphatic carbocycles. The molecule has 3 unspecified atom stereocenters. The molecule has 106 valence electrons. The smallest absolute Gasteiger partial charge is 0.0361 e. The molecule has 2 rings (SSSR count). The molecule has 1 heterocycles. The number of nitrogens with two attached hydrogens (primary N) is 1. The Morgan fingerprint density at radius 3 is 2.42 bits per heavy atom. The average Bonchev–Trinajstić information content (AvgIpc) is 2.38. The van der Waals surface area contributed by atoms with E-state index in [4.69, 9.17) is 5.73 Å². The summed E-state index contributed by atoms with van der Waals surface area (Å²) in [6.07, 6.45) is 2.23. The molecular weight excluding hydrogens is 234 g/mol. The van der Waals surface area contributed by atoms with Crippen molar-refractivity contribution in [3.05, 3.63) is 29.8 Å². The van der Waals surface area contributed by atoms with Crippen molar-refractivity contribution in [3.63, 3.8) is 0 Å². The summed E-state index contributed by atoms with van der Waals surface area (Å²) in [6.45, 7) is 5.71. The van der Waals surface area contributed by atoms with Gasteiger partial charge in [-0.3, -0.25) is 4.90 Å². The Morgan fingerprint density at radius 1 is 1.26 bits per heavy atom. The zero-order valence-electron chi connectivity index (χ0n) is 12.6. The topological polar surface area (TPSA) is 32.5 Å². The Balaban J connectivity index is 2.08. The first-order chi connectivity index (χ1) is 8.99. The number of benzene rings is 1. The highest BCUT2D eigenvalue weighted by atomic mass is 15.2. The van der Waals surface area contributed by atoms with E-state index in [9.17, 15) is 0 Å². The van der Waals surface area contributed by atoms with Crippen LogP contribution in [0, 0.1) is 0 Å². The van der Waals surface area contributed by atoms with Crippen molar-refractivity contribution in [2.24, 2.45) is 5.73 Å². The molecule has 0 aromatic heterocycles. The van der Waals surface area contributed by atoms with Crippen molar-refractivity contribution in [1.29, 1.82) is 0 Å². The Morgan fingerprint density at radius 2 is 1.89 bits per heavy atom. The van der Waals surface area contributed by atoms with E-state index in [1.807, 2.05) is 0 Å². The molecule has 0 amide bonds. The summed E-state index contributed by atoms with van der Waals surface area (Å²) in [5.41, 5.74) is 8.70. The minimum atomic E-state index is 0.384. The lowest BCUT2D eigenvalue weighted by molar-refractivity contribution is 0.104. The van der Waals surface area contributed by atoms with Gasteiger partial charge in [-0.25, -0.2) is 0 Å². The number of hydrogen-bond donors (Lipinski definition) is 1. The van der Waals surface area contributed by atoms with E-state index in [0.29, 0.717) is 18.1 Å². The van der Waals surface area contributed by atoms with Gasteiger partial charge in [-0.15, -0.1) is 0 Å². The van der Waals surface area contributed by atoms with E-state index in [-0.39, 0.29) is 0 Å². The minimum absolute atomic E-state index is 0.384. The summed E-state index contributed by atoms with van der Waals surface area (Å²) < 4.78 is 0. The van der Waals surface area contributed by atoms with E-state index < -0.39 is 0 Å². The standard InChI is InChI=1S/C16H27N3/c1-12-11-15(17)9-10-19(12)13(2)14-5-7-16(8-6-14)18(3)4/h5-8,12-13,15H,9-11,17H2,1-4H3. The van der Waals surface area contributed by atoms with Crippen molar-refractivity contribution in [3.8, 4) is 0 Å². The molecule has 1 fully saturated rings. The van der Waals surface area contributed by atoms with Crippen molar-refractivity contribution >= 4 is 5.69 Å². The van der Waals surface area contributed by atoms with Crippen LogP contribution in [0.3, 0.4) is 0 Å². The van der Waals surface area contributed by atoms with Crippen LogP contribution in [0.15, 0.2) is 24.3 Å². The molecule has 19 heavy (non-hydrogen) atoms. The minimum Gasteiger partial charge on any atom is -0.378 e. The van der Waals surface area contributed by atoms with Crippen LogP contribution < -0.4 is 10.6 Å². The summed E-state index contributed by atoms with van der Waals surface area (Å²) in [6, 6.07) is 10.3. The zero-order chi connectivity index (χ0) is 14.0. The molecule has 1 saturated heterocycles. The molecule has 0 radical (unpaired) electrons. The van der Waals surface area contributed by atoms with Gasteiger partial charge in [0.15, 0.2) is 0 Å². The predicted octanol–water partition coefficient (Wildman–Crippen LogP) is 2.63. The van der Waals surface area contributed by atoms with Crippen LogP contribution in [-0.2, 0) is 0 Å². The third-order valence-electron chi connectivity index (χ3n) is 4.36. The normalized spacial score (nSPS) is 26.2. The lowest BCUT2D eigenvalue weighted by atomic mass is 9.95. The molecule has 0 spiro atoms. The fourth-order valence-electron chi connectivity index (χ4n) is 3.04. The van der Waals surface area contributed by atoms with Gasteiger partial charge < -0.3 is 10.6 Å². The van der Waals surface area contributed by atoms with E-state index >= 15 is 0 Å². The van der Waals surface area contributed by atoms with Crippen LogP contribution in [0.25, 0.3) is 0 Å². The van der Waals surface area contributed by atoms with Gasteiger partial charge in [0.05, 0.1) is 0 Å². The van der Waals surface area contributed by atoms with Gasteiger partial charge in [0.2, 0.25) is 0 Å². The van der Waals surface area contributed by atoms with Crippen LogP contribution in [0.5, 0.6) is 0 Å². The predicted molar refractivity (Wildman–Crippen MR) is 82.6 cm³/mol. The fourth-order valence-corrected chi connectivity index (χ4v) is 3.04. The molecule has 3 heteroatoms.